The molecule has 7 nitrogen and oxygen atoms in total. The van der Waals surface area contributed by atoms with Crippen LogP contribution in [0, 0.1) is 0 Å². The van der Waals surface area contributed by atoms with Gasteiger partial charge in [-0.25, -0.2) is 8.42 Å². The molecule has 0 aromatic heterocycles. The molecule has 3 aromatic carbocycles. The number of amides is 2. The van der Waals surface area contributed by atoms with Crippen LogP contribution in [0.15, 0.2) is 82.2 Å². The molecule has 0 heterocycles. The van der Waals surface area contributed by atoms with Crippen molar-refractivity contribution in [1.29, 1.82) is 0 Å². The van der Waals surface area contributed by atoms with Gasteiger partial charge in [-0.2, -0.15) is 0 Å². The number of hydrogen-bond donors (Lipinski definition) is 1. The summed E-state index contributed by atoms with van der Waals surface area (Å²) < 4.78 is 29.6. The second-order valence-corrected chi connectivity index (χ2v) is 13.9. The van der Waals surface area contributed by atoms with Crippen molar-refractivity contribution in [2.24, 2.45) is 0 Å². The summed E-state index contributed by atoms with van der Waals surface area (Å²) in [6, 6.07) is 18.9. The van der Waals surface area contributed by atoms with E-state index in [4.69, 9.17) is 23.2 Å². The minimum atomic E-state index is -4.12. The second kappa shape index (κ2) is 14.7. The van der Waals surface area contributed by atoms with E-state index >= 15 is 0 Å². The van der Waals surface area contributed by atoms with E-state index in [1.807, 2.05) is 6.92 Å². The Balaban J connectivity index is 1.70. The van der Waals surface area contributed by atoms with Crippen molar-refractivity contribution < 1.29 is 18.0 Å². The van der Waals surface area contributed by atoms with E-state index in [0.717, 1.165) is 40.9 Å². The van der Waals surface area contributed by atoms with Gasteiger partial charge in [0.1, 0.15) is 12.6 Å². The Morgan fingerprint density at radius 3 is 2.24 bits per heavy atom. The monoisotopic (exact) mass is 693 g/mol. The molecule has 3 aromatic rings. The van der Waals surface area contributed by atoms with Gasteiger partial charge in [0.25, 0.3) is 10.0 Å². The summed E-state index contributed by atoms with van der Waals surface area (Å²) in [5.74, 6) is -0.770. The minimum Gasteiger partial charge on any atom is -0.352 e. The highest BCUT2D eigenvalue weighted by molar-refractivity contribution is 9.10. The summed E-state index contributed by atoms with van der Waals surface area (Å²) in [5.41, 5.74) is 0.993. The van der Waals surface area contributed by atoms with Gasteiger partial charge in [-0.05, 0) is 73.4 Å². The van der Waals surface area contributed by atoms with Crippen molar-refractivity contribution in [2.45, 2.75) is 69.0 Å². The third-order valence-corrected chi connectivity index (χ3v) is 10.5. The summed E-state index contributed by atoms with van der Waals surface area (Å²) in [6.45, 7) is 1.38. The third-order valence-electron chi connectivity index (χ3n) is 7.40. The fourth-order valence-electron chi connectivity index (χ4n) is 5.15. The fraction of sp³-hybridized carbons (Fsp3) is 0.355. The van der Waals surface area contributed by atoms with Gasteiger partial charge in [0.05, 0.1) is 20.6 Å². The summed E-state index contributed by atoms with van der Waals surface area (Å²) >= 11 is 15.8. The lowest BCUT2D eigenvalue weighted by Gasteiger charge is -2.34. The second-order valence-electron chi connectivity index (χ2n) is 10.3. The number of carbonyl (C=O) groups excluding carboxylic acids is 2. The standard InChI is InChI=1S/C31H34BrCl2N3O4S/c1-2-29(31(39)35-24-9-5-3-6-10-24)36(20-22-13-18-27(33)28(34)19-22)30(38)21-37(25-16-14-23(32)15-17-25)42(40,41)26-11-7-4-8-12-26/h4,7-8,11-19,24,29H,2-3,5-6,9-10,20-21H2,1H3,(H,35,39)/t29-/m0/s1. The largest absolute Gasteiger partial charge is 0.352 e. The van der Waals surface area contributed by atoms with Crippen LogP contribution in [0.25, 0.3) is 0 Å². The molecule has 1 N–H and O–H groups in total. The molecular weight excluding hydrogens is 661 g/mol. The molecule has 0 unspecified atom stereocenters. The zero-order chi connectivity index (χ0) is 30.3. The van der Waals surface area contributed by atoms with Crippen molar-refractivity contribution in [3.63, 3.8) is 0 Å². The molecule has 0 spiro atoms. The molecule has 2 amide bonds. The molecule has 4 rings (SSSR count). The normalized spacial score (nSPS) is 14.7. The topological polar surface area (TPSA) is 86.8 Å². The smallest absolute Gasteiger partial charge is 0.264 e. The zero-order valence-corrected chi connectivity index (χ0v) is 27.2. The molecular formula is C31H34BrCl2N3O4S. The van der Waals surface area contributed by atoms with Gasteiger partial charge in [0.2, 0.25) is 11.8 Å². The number of anilines is 1. The Kier molecular flexibility index (Phi) is 11.3. The number of benzene rings is 3. The van der Waals surface area contributed by atoms with E-state index in [9.17, 15) is 18.0 Å². The Hall–Kier alpha value is -2.59. The first-order valence-corrected chi connectivity index (χ1v) is 17.0. The van der Waals surface area contributed by atoms with Gasteiger partial charge >= 0.3 is 0 Å². The van der Waals surface area contributed by atoms with Crippen molar-refractivity contribution in [3.8, 4) is 0 Å². The van der Waals surface area contributed by atoms with Gasteiger partial charge < -0.3 is 10.2 Å². The maximum absolute atomic E-state index is 14.2. The van der Waals surface area contributed by atoms with Crippen LogP contribution in [0.5, 0.6) is 0 Å². The Morgan fingerprint density at radius 2 is 1.62 bits per heavy atom. The van der Waals surface area contributed by atoms with Crippen LogP contribution in [-0.4, -0.2) is 43.8 Å². The number of halogens is 3. The molecule has 42 heavy (non-hydrogen) atoms. The highest BCUT2D eigenvalue weighted by Crippen LogP contribution is 2.28. The number of rotatable bonds is 11. The Morgan fingerprint density at radius 1 is 0.952 bits per heavy atom. The van der Waals surface area contributed by atoms with E-state index in [0.29, 0.717) is 27.7 Å². The van der Waals surface area contributed by atoms with Gasteiger partial charge in [-0.1, -0.05) is 89.6 Å². The Labute approximate surface area is 266 Å². The predicted octanol–water partition coefficient (Wildman–Crippen LogP) is 7.21. The van der Waals surface area contributed by atoms with Crippen LogP contribution in [0.3, 0.4) is 0 Å². The summed E-state index contributed by atoms with van der Waals surface area (Å²) in [5, 5.41) is 3.84. The van der Waals surface area contributed by atoms with Crippen LogP contribution in [0.2, 0.25) is 10.0 Å². The van der Waals surface area contributed by atoms with Crippen molar-refractivity contribution >= 4 is 66.7 Å². The molecule has 11 heteroatoms. The first-order chi connectivity index (χ1) is 20.1. The predicted molar refractivity (Wildman–Crippen MR) is 171 cm³/mol. The van der Waals surface area contributed by atoms with Crippen LogP contribution >= 0.6 is 39.1 Å². The van der Waals surface area contributed by atoms with Crippen molar-refractivity contribution in [1.82, 2.24) is 10.2 Å². The molecule has 0 saturated heterocycles. The summed E-state index contributed by atoms with van der Waals surface area (Å²) in [4.78, 5) is 29.3. The summed E-state index contributed by atoms with van der Waals surface area (Å²) in [6.07, 6.45) is 5.38. The average Bonchev–Trinajstić information content (AvgIpc) is 2.99. The van der Waals surface area contributed by atoms with Gasteiger partial charge in [-0.15, -0.1) is 0 Å². The highest BCUT2D eigenvalue weighted by atomic mass is 79.9. The molecule has 1 aliphatic rings. The van der Waals surface area contributed by atoms with Crippen LogP contribution < -0.4 is 9.62 Å². The SMILES string of the molecule is CC[C@@H](C(=O)NC1CCCCC1)N(Cc1ccc(Cl)c(Cl)c1)C(=O)CN(c1ccc(Br)cc1)S(=O)(=O)c1ccccc1. The summed E-state index contributed by atoms with van der Waals surface area (Å²) in [7, 11) is -4.12. The van der Waals surface area contributed by atoms with E-state index in [1.165, 1.54) is 17.0 Å². The third kappa shape index (κ3) is 8.07. The number of carbonyl (C=O) groups is 2. The van der Waals surface area contributed by atoms with E-state index in [-0.39, 0.29) is 23.4 Å². The molecule has 0 bridgehead atoms. The minimum absolute atomic E-state index is 0.0475. The number of nitrogens with one attached hydrogen (secondary N) is 1. The molecule has 1 atom stereocenters. The first kappa shape index (κ1) is 32.3. The zero-order valence-electron chi connectivity index (χ0n) is 23.3. The molecule has 0 radical (unpaired) electrons. The number of nitrogens with zero attached hydrogens (tertiary/aromatic N) is 2. The lowest BCUT2D eigenvalue weighted by atomic mass is 9.95. The molecule has 0 aliphatic heterocycles. The van der Waals surface area contributed by atoms with Crippen molar-refractivity contribution in [3.05, 3.63) is 92.9 Å². The number of sulfonamides is 1. The van der Waals surface area contributed by atoms with Gasteiger partial charge in [0.15, 0.2) is 0 Å². The maximum Gasteiger partial charge on any atom is 0.264 e. The van der Waals surface area contributed by atoms with Crippen LogP contribution in [-0.2, 0) is 26.2 Å². The van der Waals surface area contributed by atoms with Crippen LogP contribution in [0.1, 0.15) is 51.0 Å². The Bertz CT molecular complexity index is 1480. The van der Waals surface area contributed by atoms with Crippen LogP contribution in [0.4, 0.5) is 5.69 Å². The molecule has 1 saturated carbocycles. The van der Waals surface area contributed by atoms with Crippen molar-refractivity contribution in [2.75, 3.05) is 10.8 Å². The lowest BCUT2D eigenvalue weighted by Crippen LogP contribution is -2.54. The average molecular weight is 696 g/mol. The lowest BCUT2D eigenvalue weighted by molar-refractivity contribution is -0.140. The van der Waals surface area contributed by atoms with Gasteiger partial charge in [-0.3, -0.25) is 13.9 Å². The quantitative estimate of drug-likeness (QED) is 0.230. The van der Waals surface area contributed by atoms with Gasteiger partial charge in [0, 0.05) is 17.1 Å². The molecule has 1 fully saturated rings. The molecule has 1 aliphatic carbocycles. The van der Waals surface area contributed by atoms with E-state index in [2.05, 4.69) is 21.2 Å². The maximum atomic E-state index is 14.2. The van der Waals surface area contributed by atoms with E-state index < -0.39 is 28.5 Å². The highest BCUT2D eigenvalue weighted by Gasteiger charge is 2.34. The first-order valence-electron chi connectivity index (χ1n) is 14.0. The van der Waals surface area contributed by atoms with E-state index in [1.54, 1.807) is 60.7 Å². The number of hydrogen-bond acceptors (Lipinski definition) is 4. The molecule has 224 valence electrons. The fourth-order valence-corrected chi connectivity index (χ4v) is 7.17.